The average Bonchev–Trinajstić information content (AvgIpc) is 2.12. The standard InChI is InChI=1S/C4H7NOS2.Zn/c7-4(8)3-5-1-2-6-3;/h3,5H,1-2H2,(H,7,8);. The van der Waals surface area contributed by atoms with Crippen molar-refractivity contribution in [2.45, 2.75) is 6.23 Å². The molecule has 5 heteroatoms. The molecule has 0 aromatic carbocycles. The second-order valence-corrected chi connectivity index (χ2v) is 2.77. The quantitative estimate of drug-likeness (QED) is 0.370. The minimum Gasteiger partial charge on any atom is -0.356 e. The molecule has 1 aliphatic heterocycles. The van der Waals surface area contributed by atoms with Crippen molar-refractivity contribution >= 4 is 29.0 Å². The van der Waals surface area contributed by atoms with E-state index in [1.807, 2.05) is 0 Å². The Morgan fingerprint density at radius 2 is 2.44 bits per heavy atom. The summed E-state index contributed by atoms with van der Waals surface area (Å²) in [6.07, 6.45) is -0.0895. The maximum atomic E-state index is 5.09. The summed E-state index contributed by atoms with van der Waals surface area (Å²) in [5.74, 6) is 0. The number of rotatable bonds is 1. The predicted molar refractivity (Wildman–Crippen MR) is 39.3 cm³/mol. The number of ether oxygens (including phenoxy) is 1. The third-order valence-electron chi connectivity index (χ3n) is 0.941. The summed E-state index contributed by atoms with van der Waals surface area (Å²) < 4.78 is 5.67. The maximum Gasteiger partial charge on any atom is 0.150 e. The number of thiol groups is 1. The molecule has 48 valence electrons. The van der Waals surface area contributed by atoms with Gasteiger partial charge in [-0.1, -0.05) is 12.2 Å². The zero-order valence-electron chi connectivity index (χ0n) is 4.96. The Bertz CT molecular complexity index is 105. The Balaban J connectivity index is 0.000000640. The van der Waals surface area contributed by atoms with Crippen LogP contribution in [0.25, 0.3) is 0 Å². The van der Waals surface area contributed by atoms with Gasteiger partial charge in [-0.15, -0.1) is 12.6 Å². The molecule has 0 saturated carbocycles. The Kier molecular flexibility index (Phi) is 5.26. The van der Waals surface area contributed by atoms with Gasteiger partial charge in [0.2, 0.25) is 0 Å². The molecule has 1 rings (SSSR count). The molecule has 1 aliphatic rings. The van der Waals surface area contributed by atoms with Gasteiger partial charge < -0.3 is 4.74 Å². The van der Waals surface area contributed by atoms with Crippen molar-refractivity contribution in [2.75, 3.05) is 13.2 Å². The summed E-state index contributed by atoms with van der Waals surface area (Å²) in [6, 6.07) is 0. The van der Waals surface area contributed by atoms with Gasteiger partial charge in [-0.3, -0.25) is 5.32 Å². The summed E-state index contributed by atoms with van der Waals surface area (Å²) in [5, 5.41) is 3.02. The first-order valence-corrected chi connectivity index (χ1v) is 3.24. The van der Waals surface area contributed by atoms with Gasteiger partial charge in [0.15, 0.2) is 0 Å². The number of thiocarbonyl (C=S) groups is 1. The summed E-state index contributed by atoms with van der Waals surface area (Å²) in [6.45, 7) is 1.62. The van der Waals surface area contributed by atoms with E-state index < -0.39 is 0 Å². The molecule has 0 aromatic rings. The van der Waals surface area contributed by atoms with E-state index in [4.69, 9.17) is 17.0 Å². The van der Waals surface area contributed by atoms with Gasteiger partial charge in [-0.2, -0.15) is 0 Å². The van der Waals surface area contributed by atoms with E-state index in [2.05, 4.69) is 17.9 Å². The third kappa shape index (κ3) is 3.05. The Labute approximate surface area is 77.9 Å². The average molecular weight is 215 g/mol. The fourth-order valence-electron chi connectivity index (χ4n) is 0.584. The number of hydrogen-bond donors (Lipinski definition) is 2. The molecule has 0 radical (unpaired) electrons. The number of hydrogen-bond acceptors (Lipinski definition) is 3. The molecule has 9 heavy (non-hydrogen) atoms. The van der Waals surface area contributed by atoms with Crippen LogP contribution in [0.1, 0.15) is 0 Å². The van der Waals surface area contributed by atoms with Crippen molar-refractivity contribution in [1.82, 2.24) is 5.32 Å². The molecule has 1 unspecified atom stereocenters. The SMILES string of the molecule is S=C(S)C1NCCO1.[Zn]. The van der Waals surface area contributed by atoms with Crippen molar-refractivity contribution in [3.63, 3.8) is 0 Å². The maximum absolute atomic E-state index is 5.09. The molecule has 0 spiro atoms. The van der Waals surface area contributed by atoms with Crippen molar-refractivity contribution in [1.29, 1.82) is 0 Å². The van der Waals surface area contributed by atoms with E-state index in [1.54, 1.807) is 0 Å². The summed E-state index contributed by atoms with van der Waals surface area (Å²) in [5.41, 5.74) is 0. The van der Waals surface area contributed by atoms with Gasteiger partial charge in [-0.05, 0) is 0 Å². The summed E-state index contributed by atoms with van der Waals surface area (Å²) >= 11 is 8.67. The van der Waals surface area contributed by atoms with Gasteiger partial charge >= 0.3 is 0 Å². The van der Waals surface area contributed by atoms with E-state index in [0.29, 0.717) is 4.20 Å². The summed E-state index contributed by atoms with van der Waals surface area (Å²) in [7, 11) is 0. The minimum absolute atomic E-state index is 0. The van der Waals surface area contributed by atoms with Crippen LogP contribution in [0.2, 0.25) is 0 Å². The molecule has 1 saturated heterocycles. The monoisotopic (exact) mass is 213 g/mol. The van der Waals surface area contributed by atoms with Crippen molar-refractivity contribution in [3.8, 4) is 0 Å². The molecule has 1 heterocycles. The minimum atomic E-state index is -0.0895. The van der Waals surface area contributed by atoms with Crippen LogP contribution in [0.15, 0.2) is 0 Å². The Hall–Kier alpha value is 0.983. The zero-order valence-corrected chi connectivity index (χ0v) is 9.64. The van der Waals surface area contributed by atoms with E-state index in [1.165, 1.54) is 0 Å². The van der Waals surface area contributed by atoms with Gasteiger partial charge in [0.25, 0.3) is 0 Å². The van der Waals surface area contributed by atoms with Gasteiger partial charge in [0.1, 0.15) is 6.23 Å². The molecule has 0 aliphatic carbocycles. The first-order valence-electron chi connectivity index (χ1n) is 2.38. The van der Waals surface area contributed by atoms with E-state index >= 15 is 0 Å². The predicted octanol–water partition coefficient (Wildman–Crippen LogP) is 0.187. The first kappa shape index (κ1) is 9.98. The molecule has 1 N–H and O–H groups in total. The van der Waals surface area contributed by atoms with Crippen molar-refractivity contribution < 1.29 is 24.2 Å². The van der Waals surface area contributed by atoms with E-state index in [0.717, 1.165) is 13.2 Å². The number of nitrogens with one attached hydrogen (secondary N) is 1. The second kappa shape index (κ2) is 4.75. The smallest absolute Gasteiger partial charge is 0.150 e. The van der Waals surface area contributed by atoms with Crippen LogP contribution in [-0.2, 0) is 24.2 Å². The van der Waals surface area contributed by atoms with E-state index in [9.17, 15) is 0 Å². The Morgan fingerprint density at radius 1 is 1.78 bits per heavy atom. The van der Waals surface area contributed by atoms with Crippen LogP contribution in [0.5, 0.6) is 0 Å². The third-order valence-corrected chi connectivity index (χ3v) is 1.39. The van der Waals surface area contributed by atoms with Crippen LogP contribution >= 0.6 is 24.8 Å². The van der Waals surface area contributed by atoms with Crippen LogP contribution in [-0.4, -0.2) is 23.6 Å². The largest absolute Gasteiger partial charge is 0.356 e. The summed E-state index contributed by atoms with van der Waals surface area (Å²) in [4.78, 5) is 0. The fraction of sp³-hybridized carbons (Fsp3) is 0.750. The fourth-order valence-corrected chi connectivity index (χ4v) is 0.902. The second-order valence-electron chi connectivity index (χ2n) is 1.54. The molecule has 2 nitrogen and oxygen atoms in total. The molecule has 1 atom stereocenters. The van der Waals surface area contributed by atoms with Gasteiger partial charge in [-0.25, -0.2) is 0 Å². The van der Waals surface area contributed by atoms with E-state index in [-0.39, 0.29) is 25.7 Å². The van der Waals surface area contributed by atoms with Gasteiger partial charge in [0.05, 0.1) is 10.8 Å². The molecular weight excluding hydrogens is 208 g/mol. The van der Waals surface area contributed by atoms with Crippen LogP contribution < -0.4 is 5.32 Å². The van der Waals surface area contributed by atoms with Gasteiger partial charge in [0, 0.05) is 26.0 Å². The van der Waals surface area contributed by atoms with Crippen LogP contribution in [0, 0.1) is 0 Å². The molecule has 0 bridgehead atoms. The first-order chi connectivity index (χ1) is 3.80. The molecule has 0 amide bonds. The topological polar surface area (TPSA) is 21.3 Å². The zero-order chi connectivity index (χ0) is 5.98. The molecule has 0 aromatic heterocycles. The Morgan fingerprint density at radius 3 is 2.67 bits per heavy atom. The normalized spacial score (nSPS) is 25.2. The van der Waals surface area contributed by atoms with Crippen molar-refractivity contribution in [2.24, 2.45) is 0 Å². The van der Waals surface area contributed by atoms with Crippen LogP contribution in [0.4, 0.5) is 0 Å². The molecule has 1 fully saturated rings. The van der Waals surface area contributed by atoms with Crippen molar-refractivity contribution in [3.05, 3.63) is 0 Å². The molecular formula is C4H7NOS2Zn. The van der Waals surface area contributed by atoms with Crippen LogP contribution in [0.3, 0.4) is 0 Å².